The van der Waals surface area contributed by atoms with Crippen LogP contribution in [-0.2, 0) is 6.54 Å². The third-order valence-corrected chi connectivity index (χ3v) is 2.86. The fourth-order valence-corrected chi connectivity index (χ4v) is 1.97. The van der Waals surface area contributed by atoms with Gasteiger partial charge in [-0.3, -0.25) is 0 Å². The van der Waals surface area contributed by atoms with Crippen LogP contribution < -0.4 is 10.1 Å². The summed E-state index contributed by atoms with van der Waals surface area (Å²) in [6.45, 7) is 0.603. The van der Waals surface area contributed by atoms with E-state index in [2.05, 4.69) is 5.32 Å². The van der Waals surface area contributed by atoms with Crippen molar-refractivity contribution in [3.05, 3.63) is 52.5 Å². The highest BCUT2D eigenvalue weighted by Crippen LogP contribution is 2.30. The van der Waals surface area contributed by atoms with Gasteiger partial charge in [-0.15, -0.1) is 0 Å². The lowest BCUT2D eigenvalue weighted by molar-refractivity contribution is 0.453. The minimum absolute atomic E-state index is 0.105. The van der Waals surface area contributed by atoms with Gasteiger partial charge in [0.15, 0.2) is 0 Å². The van der Waals surface area contributed by atoms with Crippen LogP contribution in [0.15, 0.2) is 36.4 Å². The smallest absolute Gasteiger partial charge is 0.146 e. The first-order valence-corrected chi connectivity index (χ1v) is 6.35. The molecule has 0 amide bonds. The summed E-state index contributed by atoms with van der Waals surface area (Å²) in [5, 5.41) is 22.2. The van der Waals surface area contributed by atoms with Crippen LogP contribution in [0.5, 0.6) is 17.2 Å². The molecule has 2 rings (SSSR count). The monoisotopic (exact) mass is 288 g/mol. The van der Waals surface area contributed by atoms with Crippen LogP contribution in [0, 0.1) is 11.3 Å². The minimum atomic E-state index is 0.105. The molecule has 0 aliphatic rings. The largest absolute Gasteiger partial charge is 0.508 e. The standard InChI is InChI=1S/C15H13ClN2O2/c1-18-9-10-4-13(19)7-14(5-10)20-15-6-12(16)3-2-11(15)8-17/h2-7,18-19H,9H2,1H3. The van der Waals surface area contributed by atoms with Crippen LogP contribution in [0.3, 0.4) is 0 Å². The van der Waals surface area contributed by atoms with Gasteiger partial charge in [0.2, 0.25) is 0 Å². The lowest BCUT2D eigenvalue weighted by atomic mass is 10.2. The molecule has 2 aromatic rings. The average Bonchev–Trinajstić information content (AvgIpc) is 2.38. The van der Waals surface area contributed by atoms with Gasteiger partial charge < -0.3 is 15.2 Å². The molecular weight excluding hydrogens is 276 g/mol. The van der Waals surface area contributed by atoms with E-state index < -0.39 is 0 Å². The maximum Gasteiger partial charge on any atom is 0.146 e. The summed E-state index contributed by atoms with van der Waals surface area (Å²) in [4.78, 5) is 0. The maximum absolute atomic E-state index is 9.68. The van der Waals surface area contributed by atoms with Crippen molar-refractivity contribution in [1.82, 2.24) is 5.32 Å². The van der Waals surface area contributed by atoms with Gasteiger partial charge in [0.05, 0.1) is 5.56 Å². The van der Waals surface area contributed by atoms with Crippen LogP contribution in [0.2, 0.25) is 5.02 Å². The molecule has 0 heterocycles. The quantitative estimate of drug-likeness (QED) is 0.904. The first kappa shape index (κ1) is 14.2. The van der Waals surface area contributed by atoms with E-state index >= 15 is 0 Å². The predicted octanol–water partition coefficient (Wildman–Crippen LogP) is 3.43. The van der Waals surface area contributed by atoms with E-state index in [1.165, 1.54) is 6.07 Å². The second-order valence-electron chi connectivity index (χ2n) is 4.22. The van der Waals surface area contributed by atoms with Crippen LogP contribution in [0.1, 0.15) is 11.1 Å². The summed E-state index contributed by atoms with van der Waals surface area (Å²) in [7, 11) is 1.81. The molecule has 5 heteroatoms. The summed E-state index contributed by atoms with van der Waals surface area (Å²) in [5.74, 6) is 0.920. The molecule has 0 spiro atoms. The van der Waals surface area contributed by atoms with E-state index in [0.717, 1.165) is 5.56 Å². The highest BCUT2D eigenvalue weighted by molar-refractivity contribution is 6.30. The first-order valence-electron chi connectivity index (χ1n) is 5.97. The molecule has 2 aromatic carbocycles. The van der Waals surface area contributed by atoms with Crippen molar-refractivity contribution in [3.8, 4) is 23.3 Å². The molecule has 0 bridgehead atoms. The van der Waals surface area contributed by atoms with E-state index in [1.807, 2.05) is 13.1 Å². The lowest BCUT2D eigenvalue weighted by Gasteiger charge is -2.10. The number of hydrogen-bond donors (Lipinski definition) is 2. The molecule has 0 aromatic heterocycles. The number of nitrogens with zero attached hydrogens (tertiary/aromatic N) is 1. The minimum Gasteiger partial charge on any atom is -0.508 e. The summed E-state index contributed by atoms with van der Waals surface area (Å²) in [6, 6.07) is 11.8. The van der Waals surface area contributed by atoms with Crippen molar-refractivity contribution >= 4 is 11.6 Å². The van der Waals surface area contributed by atoms with E-state index in [1.54, 1.807) is 30.3 Å². The Kier molecular flexibility index (Phi) is 4.46. The summed E-state index contributed by atoms with van der Waals surface area (Å²) < 4.78 is 5.65. The Labute approximate surface area is 122 Å². The van der Waals surface area contributed by atoms with Crippen molar-refractivity contribution in [2.75, 3.05) is 7.05 Å². The van der Waals surface area contributed by atoms with Gasteiger partial charge in [0.25, 0.3) is 0 Å². The number of aromatic hydroxyl groups is 1. The summed E-state index contributed by atoms with van der Waals surface area (Å²) in [5.41, 5.74) is 1.26. The molecule has 4 nitrogen and oxygen atoms in total. The van der Waals surface area contributed by atoms with Crippen LogP contribution in [0.25, 0.3) is 0 Å². The van der Waals surface area contributed by atoms with Crippen molar-refractivity contribution in [1.29, 1.82) is 5.26 Å². The van der Waals surface area contributed by atoms with Crippen LogP contribution in [0.4, 0.5) is 0 Å². The van der Waals surface area contributed by atoms with Crippen molar-refractivity contribution < 1.29 is 9.84 Å². The zero-order valence-electron chi connectivity index (χ0n) is 10.9. The number of phenols is 1. The van der Waals surface area contributed by atoms with E-state index in [9.17, 15) is 5.11 Å². The van der Waals surface area contributed by atoms with Gasteiger partial charge in [0, 0.05) is 23.7 Å². The molecule has 0 aliphatic heterocycles. The highest BCUT2D eigenvalue weighted by Gasteiger charge is 2.07. The maximum atomic E-state index is 9.68. The second kappa shape index (κ2) is 6.29. The number of phenolic OH excluding ortho intramolecular Hbond substituents is 1. The van der Waals surface area contributed by atoms with Crippen LogP contribution in [-0.4, -0.2) is 12.2 Å². The third-order valence-electron chi connectivity index (χ3n) is 2.62. The zero-order valence-corrected chi connectivity index (χ0v) is 11.6. The zero-order chi connectivity index (χ0) is 14.5. The molecule has 20 heavy (non-hydrogen) atoms. The molecule has 0 aliphatic carbocycles. The number of nitriles is 1. The Morgan fingerprint density at radius 1 is 1.30 bits per heavy atom. The Morgan fingerprint density at radius 3 is 2.80 bits per heavy atom. The van der Waals surface area contributed by atoms with E-state index in [0.29, 0.717) is 28.6 Å². The van der Waals surface area contributed by atoms with Crippen molar-refractivity contribution in [3.63, 3.8) is 0 Å². The normalized spacial score (nSPS) is 10.1. The number of hydrogen-bond acceptors (Lipinski definition) is 4. The second-order valence-corrected chi connectivity index (χ2v) is 4.66. The Morgan fingerprint density at radius 2 is 2.10 bits per heavy atom. The molecule has 0 atom stereocenters. The molecule has 0 unspecified atom stereocenters. The van der Waals surface area contributed by atoms with Gasteiger partial charge in [0.1, 0.15) is 23.3 Å². The van der Waals surface area contributed by atoms with E-state index in [4.69, 9.17) is 21.6 Å². The first-order chi connectivity index (χ1) is 9.62. The fourth-order valence-electron chi connectivity index (χ4n) is 1.81. The highest BCUT2D eigenvalue weighted by atomic mass is 35.5. The number of ether oxygens (including phenoxy) is 1. The average molecular weight is 289 g/mol. The van der Waals surface area contributed by atoms with Crippen molar-refractivity contribution in [2.45, 2.75) is 6.54 Å². The number of nitrogens with one attached hydrogen (secondary N) is 1. The number of rotatable bonds is 4. The molecule has 0 saturated heterocycles. The van der Waals surface area contributed by atoms with E-state index in [-0.39, 0.29) is 5.75 Å². The Hall–Kier alpha value is -2.22. The number of benzene rings is 2. The predicted molar refractivity (Wildman–Crippen MR) is 77.1 cm³/mol. The summed E-state index contributed by atoms with van der Waals surface area (Å²) >= 11 is 5.90. The van der Waals surface area contributed by atoms with Gasteiger partial charge in [-0.2, -0.15) is 5.26 Å². The molecule has 0 fully saturated rings. The third kappa shape index (κ3) is 3.41. The van der Waals surface area contributed by atoms with Gasteiger partial charge in [-0.05, 0) is 36.9 Å². The molecule has 0 radical (unpaired) electrons. The summed E-state index contributed by atoms with van der Waals surface area (Å²) in [6.07, 6.45) is 0. The Balaban J connectivity index is 2.35. The topological polar surface area (TPSA) is 65.3 Å². The number of halogens is 1. The van der Waals surface area contributed by atoms with Gasteiger partial charge >= 0.3 is 0 Å². The molecule has 0 saturated carbocycles. The lowest BCUT2D eigenvalue weighted by Crippen LogP contribution is -2.04. The molecule has 102 valence electrons. The van der Waals surface area contributed by atoms with Gasteiger partial charge in [-0.1, -0.05) is 11.6 Å². The fraction of sp³-hybridized carbons (Fsp3) is 0.133. The molecular formula is C15H13ClN2O2. The molecule has 2 N–H and O–H groups in total. The van der Waals surface area contributed by atoms with Crippen molar-refractivity contribution in [2.24, 2.45) is 0 Å². The SMILES string of the molecule is CNCc1cc(O)cc(Oc2cc(Cl)ccc2C#N)c1. The van der Waals surface area contributed by atoms with Crippen LogP contribution >= 0.6 is 11.6 Å². The van der Waals surface area contributed by atoms with Gasteiger partial charge in [-0.25, -0.2) is 0 Å². The Bertz CT molecular complexity index is 665.